The molecule has 2 heterocycles. The normalized spacial score (nSPS) is 28.3. The van der Waals surface area contributed by atoms with Crippen LogP contribution < -0.4 is 10.0 Å². The SMILES string of the molecule is CN1CCN2CCC[C@@]2(C)C1CS(=O)(=O)NC(=O)Nc1c2c(cc3c1CCC3)CCC2. The van der Waals surface area contributed by atoms with Gasteiger partial charge in [0, 0.05) is 30.4 Å². The average Bonchev–Trinajstić information content (AvgIpc) is 3.43. The fourth-order valence-corrected chi connectivity index (χ4v) is 7.94. The van der Waals surface area contributed by atoms with Crippen LogP contribution in [0.25, 0.3) is 0 Å². The molecule has 1 unspecified atom stereocenters. The van der Waals surface area contributed by atoms with Crippen LogP contribution in [-0.2, 0) is 35.7 Å². The Labute approximate surface area is 185 Å². The lowest BCUT2D eigenvalue weighted by atomic mass is 9.87. The smallest absolute Gasteiger partial charge is 0.307 e. The number of anilines is 1. The summed E-state index contributed by atoms with van der Waals surface area (Å²) in [6.07, 6.45) is 8.26. The van der Waals surface area contributed by atoms with Crippen LogP contribution in [0.2, 0.25) is 0 Å². The van der Waals surface area contributed by atoms with E-state index in [2.05, 4.69) is 32.8 Å². The molecular weight excluding hydrogens is 412 g/mol. The predicted octanol–water partition coefficient (Wildman–Crippen LogP) is 2.28. The van der Waals surface area contributed by atoms with Crippen LogP contribution in [0.15, 0.2) is 6.07 Å². The van der Waals surface area contributed by atoms with Crippen LogP contribution in [0.3, 0.4) is 0 Å². The van der Waals surface area contributed by atoms with Gasteiger partial charge in [0.25, 0.3) is 0 Å². The molecule has 0 aromatic heterocycles. The summed E-state index contributed by atoms with van der Waals surface area (Å²) < 4.78 is 28.4. The second kappa shape index (κ2) is 7.74. The molecule has 0 saturated carbocycles. The Morgan fingerprint density at radius 1 is 1.06 bits per heavy atom. The third-order valence-corrected chi connectivity index (χ3v) is 9.39. The quantitative estimate of drug-likeness (QED) is 0.742. The molecule has 8 heteroatoms. The second-order valence-corrected chi connectivity index (χ2v) is 11.8. The number of piperazine rings is 1. The first-order valence-corrected chi connectivity index (χ1v) is 13.4. The van der Waals surface area contributed by atoms with Crippen molar-refractivity contribution in [3.63, 3.8) is 0 Å². The van der Waals surface area contributed by atoms with E-state index in [1.54, 1.807) is 0 Å². The Morgan fingerprint density at radius 2 is 1.74 bits per heavy atom. The molecule has 0 bridgehead atoms. The standard InChI is InChI=1S/C23H34N4O3S/c1-23-10-5-11-27(23)13-12-26(2)20(23)15-31(29,30)25-22(28)24-21-18-8-3-6-16(18)14-17-7-4-9-19(17)21/h14,20H,3-13,15H2,1-2H3,(H2,24,25,28)/t20?,23-/m0/s1. The molecule has 170 valence electrons. The highest BCUT2D eigenvalue weighted by Crippen LogP contribution is 2.39. The summed E-state index contributed by atoms with van der Waals surface area (Å²) in [5.74, 6) is -0.0606. The van der Waals surface area contributed by atoms with E-state index in [0.29, 0.717) is 0 Å². The third kappa shape index (κ3) is 3.76. The fraction of sp³-hybridized carbons (Fsp3) is 0.696. The van der Waals surface area contributed by atoms with Crippen LogP contribution >= 0.6 is 0 Å². The van der Waals surface area contributed by atoms with Crippen molar-refractivity contribution in [1.82, 2.24) is 14.5 Å². The number of aryl methyl sites for hydroxylation is 2. The van der Waals surface area contributed by atoms with Gasteiger partial charge in [-0.3, -0.25) is 9.80 Å². The van der Waals surface area contributed by atoms with Crippen LogP contribution in [0, 0.1) is 0 Å². The molecule has 0 radical (unpaired) electrons. The van der Waals surface area contributed by atoms with E-state index in [1.165, 1.54) is 22.3 Å². The van der Waals surface area contributed by atoms with Gasteiger partial charge in [-0.25, -0.2) is 17.9 Å². The van der Waals surface area contributed by atoms with Gasteiger partial charge in [-0.15, -0.1) is 0 Å². The number of hydrogen-bond donors (Lipinski definition) is 2. The molecule has 31 heavy (non-hydrogen) atoms. The number of fused-ring (bicyclic) bond motifs is 3. The Balaban J connectivity index is 1.32. The fourth-order valence-electron chi connectivity index (χ4n) is 6.50. The van der Waals surface area contributed by atoms with Crippen LogP contribution in [0.1, 0.15) is 54.9 Å². The number of nitrogens with one attached hydrogen (secondary N) is 2. The summed E-state index contributed by atoms with van der Waals surface area (Å²) in [6, 6.07) is 1.55. The minimum absolute atomic E-state index is 0.0606. The first kappa shape index (κ1) is 21.2. The molecule has 4 aliphatic rings. The number of hydrogen-bond acceptors (Lipinski definition) is 5. The third-order valence-electron chi connectivity index (χ3n) is 8.14. The van der Waals surface area contributed by atoms with Gasteiger partial charge in [0.15, 0.2) is 0 Å². The van der Waals surface area contributed by atoms with E-state index < -0.39 is 16.1 Å². The van der Waals surface area contributed by atoms with E-state index in [1.807, 2.05) is 7.05 Å². The molecule has 2 amide bonds. The highest BCUT2D eigenvalue weighted by molar-refractivity contribution is 7.90. The zero-order valence-electron chi connectivity index (χ0n) is 18.7. The molecule has 2 N–H and O–H groups in total. The van der Waals surface area contributed by atoms with Gasteiger partial charge in [0.2, 0.25) is 10.0 Å². The molecule has 2 fully saturated rings. The number of benzene rings is 1. The number of nitrogens with zero attached hydrogens (tertiary/aromatic N) is 2. The van der Waals surface area contributed by atoms with Crippen molar-refractivity contribution in [1.29, 1.82) is 0 Å². The van der Waals surface area contributed by atoms with E-state index in [9.17, 15) is 13.2 Å². The molecule has 2 saturated heterocycles. The number of likely N-dealkylation sites (N-methyl/N-ethyl adjacent to an activating group) is 1. The van der Waals surface area contributed by atoms with E-state index in [-0.39, 0.29) is 17.3 Å². The Bertz CT molecular complexity index is 976. The minimum atomic E-state index is -3.77. The van der Waals surface area contributed by atoms with Crippen molar-refractivity contribution < 1.29 is 13.2 Å². The van der Waals surface area contributed by atoms with Gasteiger partial charge >= 0.3 is 6.03 Å². The monoisotopic (exact) mass is 446 g/mol. The van der Waals surface area contributed by atoms with E-state index in [4.69, 9.17) is 0 Å². The lowest BCUT2D eigenvalue weighted by molar-refractivity contribution is 0.00604. The van der Waals surface area contributed by atoms with Crippen LogP contribution in [-0.4, -0.2) is 68.3 Å². The number of sulfonamides is 1. The zero-order chi connectivity index (χ0) is 21.8. The summed E-state index contributed by atoms with van der Waals surface area (Å²) in [4.78, 5) is 17.4. The van der Waals surface area contributed by atoms with Crippen molar-refractivity contribution in [3.8, 4) is 0 Å². The molecule has 1 aromatic rings. The molecule has 7 nitrogen and oxygen atoms in total. The van der Waals surface area contributed by atoms with E-state index in [0.717, 1.165) is 76.7 Å². The lowest BCUT2D eigenvalue weighted by Crippen LogP contribution is -2.65. The van der Waals surface area contributed by atoms with Crippen LogP contribution in [0.5, 0.6) is 0 Å². The number of amides is 2. The molecule has 1 aromatic carbocycles. The van der Waals surface area contributed by atoms with Gasteiger partial charge in [-0.2, -0.15) is 0 Å². The molecule has 2 atom stereocenters. The van der Waals surface area contributed by atoms with Crippen molar-refractivity contribution >= 4 is 21.7 Å². The maximum Gasteiger partial charge on any atom is 0.332 e. The van der Waals surface area contributed by atoms with Crippen molar-refractivity contribution in [2.75, 3.05) is 37.8 Å². The Morgan fingerprint density at radius 3 is 2.42 bits per heavy atom. The lowest BCUT2D eigenvalue weighted by Gasteiger charge is -2.50. The molecule has 2 aliphatic carbocycles. The van der Waals surface area contributed by atoms with Crippen molar-refractivity contribution in [2.24, 2.45) is 0 Å². The van der Waals surface area contributed by atoms with Gasteiger partial charge in [0.1, 0.15) is 0 Å². The summed E-state index contributed by atoms with van der Waals surface area (Å²) >= 11 is 0. The Kier molecular flexibility index (Phi) is 5.30. The van der Waals surface area contributed by atoms with Crippen molar-refractivity contribution in [2.45, 2.75) is 69.9 Å². The molecular formula is C23H34N4O3S. The first-order chi connectivity index (χ1) is 14.8. The number of urea groups is 1. The number of carbonyl (C=O) groups excluding carboxylic acids is 1. The van der Waals surface area contributed by atoms with Crippen molar-refractivity contribution in [3.05, 3.63) is 28.3 Å². The highest BCUT2D eigenvalue weighted by Gasteiger charge is 2.49. The van der Waals surface area contributed by atoms with Gasteiger partial charge in [0.05, 0.1) is 5.75 Å². The summed E-state index contributed by atoms with van der Waals surface area (Å²) in [5, 5.41) is 2.95. The van der Waals surface area contributed by atoms with Gasteiger partial charge in [-0.05, 0) is 94.1 Å². The number of carbonyl (C=O) groups is 1. The summed E-state index contributed by atoms with van der Waals surface area (Å²) in [7, 11) is -1.77. The maximum atomic E-state index is 13.0. The van der Waals surface area contributed by atoms with Gasteiger partial charge < -0.3 is 5.32 Å². The second-order valence-electron chi connectivity index (χ2n) is 10.0. The summed E-state index contributed by atoms with van der Waals surface area (Å²) in [6.45, 7) is 5.03. The maximum absolute atomic E-state index is 13.0. The predicted molar refractivity (Wildman–Crippen MR) is 122 cm³/mol. The molecule has 0 spiro atoms. The highest BCUT2D eigenvalue weighted by atomic mass is 32.2. The average molecular weight is 447 g/mol. The van der Waals surface area contributed by atoms with Crippen LogP contribution in [0.4, 0.5) is 10.5 Å². The zero-order valence-corrected chi connectivity index (χ0v) is 19.5. The Hall–Kier alpha value is -1.64. The van der Waals surface area contributed by atoms with E-state index >= 15 is 0 Å². The summed E-state index contributed by atoms with van der Waals surface area (Å²) in [5.41, 5.74) is 5.76. The molecule has 5 rings (SSSR count). The topological polar surface area (TPSA) is 81.8 Å². The van der Waals surface area contributed by atoms with Gasteiger partial charge in [-0.1, -0.05) is 6.07 Å². The first-order valence-electron chi connectivity index (χ1n) is 11.7. The minimum Gasteiger partial charge on any atom is -0.307 e. The number of rotatable bonds is 4. The largest absolute Gasteiger partial charge is 0.332 e. The molecule has 2 aliphatic heterocycles.